The lowest BCUT2D eigenvalue weighted by molar-refractivity contribution is -0.143. The van der Waals surface area contributed by atoms with Crippen molar-refractivity contribution in [2.24, 2.45) is 28.1 Å². The summed E-state index contributed by atoms with van der Waals surface area (Å²) in [6.07, 6.45) is -0.651. The number of nitrogens with one attached hydrogen (secondary N) is 5. The van der Waals surface area contributed by atoms with Crippen molar-refractivity contribution in [1.82, 2.24) is 26.6 Å². The van der Waals surface area contributed by atoms with E-state index in [1.54, 1.807) is 13.8 Å². The second kappa shape index (κ2) is 19.9. The normalized spacial score (nSPS) is 15.1. The second-order valence-electron chi connectivity index (χ2n) is 10.1. The maximum Gasteiger partial charge on any atom is 0.328 e. The Labute approximate surface area is 248 Å². The van der Waals surface area contributed by atoms with Gasteiger partial charge in [0.15, 0.2) is 5.96 Å². The molecule has 0 rings (SSSR count). The summed E-state index contributed by atoms with van der Waals surface area (Å²) in [7, 11) is 0. The third-order valence-electron chi connectivity index (χ3n) is 5.76. The van der Waals surface area contributed by atoms with Gasteiger partial charge in [-0.3, -0.25) is 29.0 Å². The molecule has 0 aromatic rings. The molecule has 0 radical (unpaired) electrons. The molecular formula is C24H45N9O10. The topological polar surface area (TPSA) is 334 Å². The van der Waals surface area contributed by atoms with E-state index >= 15 is 0 Å². The highest BCUT2D eigenvalue weighted by molar-refractivity contribution is 5.95. The van der Waals surface area contributed by atoms with Gasteiger partial charge in [-0.1, -0.05) is 13.8 Å². The first-order valence-electron chi connectivity index (χ1n) is 13.5. The van der Waals surface area contributed by atoms with Crippen molar-refractivity contribution in [2.45, 2.75) is 76.3 Å². The van der Waals surface area contributed by atoms with E-state index in [4.69, 9.17) is 27.4 Å². The molecule has 0 saturated heterocycles. The lowest BCUT2D eigenvalue weighted by Gasteiger charge is -2.26. The van der Waals surface area contributed by atoms with Crippen LogP contribution in [0.25, 0.3) is 0 Å². The Bertz CT molecular complexity index is 989. The van der Waals surface area contributed by atoms with E-state index in [-0.39, 0.29) is 31.3 Å². The number of carbonyl (C=O) groups is 6. The zero-order valence-electron chi connectivity index (χ0n) is 24.4. The van der Waals surface area contributed by atoms with Crippen LogP contribution in [0.3, 0.4) is 0 Å². The van der Waals surface area contributed by atoms with Gasteiger partial charge >= 0.3 is 5.97 Å². The number of hydrogen-bond acceptors (Lipinski definition) is 11. The number of rotatable bonds is 20. The fourth-order valence-electron chi connectivity index (χ4n) is 3.47. The monoisotopic (exact) mass is 619 g/mol. The Kier molecular flexibility index (Phi) is 18.1. The molecular weight excluding hydrogens is 574 g/mol. The number of aliphatic hydroxyl groups is 3. The first kappa shape index (κ1) is 38.9. The molecule has 0 aliphatic carbocycles. The highest BCUT2D eigenvalue weighted by Crippen LogP contribution is 2.07. The summed E-state index contributed by atoms with van der Waals surface area (Å²) in [4.78, 5) is 77.5. The molecule has 0 aromatic heterocycles. The van der Waals surface area contributed by atoms with Crippen LogP contribution in [0.2, 0.25) is 0 Å². The number of aliphatic imine (C=N–C) groups is 1. The molecule has 0 heterocycles. The first-order chi connectivity index (χ1) is 20.0. The van der Waals surface area contributed by atoms with E-state index in [2.05, 4.69) is 26.3 Å². The van der Waals surface area contributed by atoms with E-state index in [0.29, 0.717) is 6.42 Å². The van der Waals surface area contributed by atoms with Crippen LogP contribution in [-0.2, 0) is 28.8 Å². The number of aliphatic hydroxyl groups excluding tert-OH is 3. The minimum absolute atomic E-state index is 0.0727. The number of hydrogen-bond donors (Lipinski definition) is 12. The molecule has 6 atom stereocenters. The third-order valence-corrected chi connectivity index (χ3v) is 5.76. The minimum atomic E-state index is -1.68. The van der Waals surface area contributed by atoms with Crippen molar-refractivity contribution in [1.29, 1.82) is 0 Å². The summed E-state index contributed by atoms with van der Waals surface area (Å²) in [5.41, 5.74) is 16.4. The molecule has 19 heteroatoms. The van der Waals surface area contributed by atoms with Gasteiger partial charge in [-0.2, -0.15) is 0 Å². The number of nitrogens with two attached hydrogens (primary N) is 3. The van der Waals surface area contributed by atoms with Crippen LogP contribution in [-0.4, -0.2) is 125 Å². The number of carboxylic acid groups (broad SMARTS) is 1. The molecule has 0 saturated carbocycles. The van der Waals surface area contributed by atoms with Crippen LogP contribution in [0, 0.1) is 5.92 Å². The SMILES string of the molecule is CC(C)C[C@H](NC(=O)[C@@H](N)CCCN=C(N)N)C(=O)N[C@H](C(=O)NCC(=O)N[C@@H](CO)C(=O)N[C@@H](CO)C(=O)O)[C@H](C)O. The fraction of sp³-hybridized carbons (Fsp3) is 0.708. The fourth-order valence-corrected chi connectivity index (χ4v) is 3.47. The summed E-state index contributed by atoms with van der Waals surface area (Å²) < 4.78 is 0. The highest BCUT2D eigenvalue weighted by atomic mass is 16.4. The van der Waals surface area contributed by atoms with E-state index in [1.165, 1.54) is 6.92 Å². The molecule has 0 spiro atoms. The van der Waals surface area contributed by atoms with E-state index in [9.17, 15) is 39.0 Å². The van der Waals surface area contributed by atoms with Crippen LogP contribution in [0.1, 0.15) is 40.0 Å². The van der Waals surface area contributed by atoms with Gasteiger partial charge in [0.2, 0.25) is 29.5 Å². The maximum absolute atomic E-state index is 13.0. The lowest BCUT2D eigenvalue weighted by atomic mass is 10.0. The van der Waals surface area contributed by atoms with Crippen molar-refractivity contribution < 1.29 is 49.2 Å². The lowest BCUT2D eigenvalue weighted by Crippen LogP contribution is -2.59. The van der Waals surface area contributed by atoms with Crippen LogP contribution in [0.15, 0.2) is 4.99 Å². The van der Waals surface area contributed by atoms with Gasteiger partial charge in [-0.05, 0) is 32.1 Å². The predicted molar refractivity (Wildman–Crippen MR) is 152 cm³/mol. The number of carbonyl (C=O) groups excluding carboxylic acids is 5. The van der Waals surface area contributed by atoms with Gasteiger partial charge in [0, 0.05) is 6.54 Å². The van der Waals surface area contributed by atoms with Crippen molar-refractivity contribution >= 4 is 41.5 Å². The summed E-state index contributed by atoms with van der Waals surface area (Å²) in [5.74, 6) is -6.22. The molecule has 246 valence electrons. The number of guanidine groups is 1. The second-order valence-corrected chi connectivity index (χ2v) is 10.1. The van der Waals surface area contributed by atoms with Gasteiger partial charge in [0.25, 0.3) is 0 Å². The number of nitrogens with zero attached hydrogens (tertiary/aromatic N) is 1. The van der Waals surface area contributed by atoms with Crippen molar-refractivity contribution in [2.75, 3.05) is 26.3 Å². The Morgan fingerprint density at radius 3 is 1.84 bits per heavy atom. The zero-order chi connectivity index (χ0) is 33.3. The number of aliphatic carboxylic acids is 1. The van der Waals surface area contributed by atoms with Crippen molar-refractivity contribution in [3.63, 3.8) is 0 Å². The zero-order valence-corrected chi connectivity index (χ0v) is 24.4. The van der Waals surface area contributed by atoms with Crippen LogP contribution in [0.5, 0.6) is 0 Å². The van der Waals surface area contributed by atoms with Crippen molar-refractivity contribution in [3.8, 4) is 0 Å². The predicted octanol–water partition coefficient (Wildman–Crippen LogP) is -6.08. The summed E-state index contributed by atoms with van der Waals surface area (Å²) in [6.45, 7) is 2.42. The van der Waals surface area contributed by atoms with Gasteiger partial charge in [0.05, 0.1) is 31.9 Å². The summed E-state index contributed by atoms with van der Waals surface area (Å²) in [5, 5.41) is 48.5. The Balaban J connectivity index is 5.24. The summed E-state index contributed by atoms with van der Waals surface area (Å²) >= 11 is 0. The van der Waals surface area contributed by atoms with Gasteiger partial charge in [-0.15, -0.1) is 0 Å². The molecule has 19 nitrogen and oxygen atoms in total. The molecule has 0 fully saturated rings. The Morgan fingerprint density at radius 2 is 1.35 bits per heavy atom. The first-order valence-corrected chi connectivity index (χ1v) is 13.5. The molecule has 15 N–H and O–H groups in total. The molecule has 5 amide bonds. The van der Waals surface area contributed by atoms with Crippen LogP contribution < -0.4 is 43.8 Å². The number of carboxylic acids is 1. The van der Waals surface area contributed by atoms with Crippen LogP contribution >= 0.6 is 0 Å². The number of amides is 5. The van der Waals surface area contributed by atoms with Crippen LogP contribution in [0.4, 0.5) is 0 Å². The van der Waals surface area contributed by atoms with Crippen molar-refractivity contribution in [3.05, 3.63) is 0 Å². The quantitative estimate of drug-likeness (QED) is 0.0343. The van der Waals surface area contributed by atoms with E-state index in [0.717, 1.165) is 0 Å². The molecule has 0 bridgehead atoms. The molecule has 0 aliphatic heterocycles. The van der Waals surface area contributed by atoms with E-state index < -0.39 is 91.6 Å². The Morgan fingerprint density at radius 1 is 0.791 bits per heavy atom. The largest absolute Gasteiger partial charge is 0.480 e. The van der Waals surface area contributed by atoms with Gasteiger partial charge in [0.1, 0.15) is 24.2 Å². The molecule has 43 heavy (non-hydrogen) atoms. The third kappa shape index (κ3) is 15.7. The molecule has 0 aromatic carbocycles. The Hall–Kier alpha value is -4.07. The molecule has 0 unspecified atom stereocenters. The summed E-state index contributed by atoms with van der Waals surface area (Å²) in [6, 6.07) is -6.94. The van der Waals surface area contributed by atoms with E-state index in [1.807, 2.05) is 5.32 Å². The smallest absolute Gasteiger partial charge is 0.328 e. The van der Waals surface area contributed by atoms with Gasteiger partial charge in [-0.25, -0.2) is 4.79 Å². The standard InChI is InChI=1S/C24H45N9O10/c1-11(2)7-14(31-19(38)13(25)5-4-6-28-24(26)27)20(39)33-18(12(3)36)22(41)29-8-17(37)30-15(9-34)21(40)32-16(10-35)23(42)43/h11-16,18,34-36H,4-10,25H2,1-3H3,(H,29,41)(H,30,37)(H,31,38)(H,32,40)(H,33,39)(H,42,43)(H4,26,27,28)/t12-,13-,14-,15-,16-,18-/m0/s1. The average molecular weight is 620 g/mol. The van der Waals surface area contributed by atoms with Gasteiger partial charge < -0.3 is 64.2 Å². The minimum Gasteiger partial charge on any atom is -0.480 e. The average Bonchev–Trinajstić information content (AvgIpc) is 2.92. The highest BCUT2D eigenvalue weighted by Gasteiger charge is 2.31. The molecule has 0 aliphatic rings. The maximum atomic E-state index is 13.0.